The van der Waals surface area contributed by atoms with Gasteiger partial charge in [-0.05, 0) is 26.0 Å². The first-order valence-electron chi connectivity index (χ1n) is 11.7. The largest absolute Gasteiger partial charge is 0.378 e. The fourth-order valence-electron chi connectivity index (χ4n) is 3.93. The summed E-state index contributed by atoms with van der Waals surface area (Å²) < 4.78 is 35.0. The van der Waals surface area contributed by atoms with Crippen molar-refractivity contribution in [3.8, 4) is 11.3 Å². The van der Waals surface area contributed by atoms with E-state index in [9.17, 15) is 8.78 Å². The van der Waals surface area contributed by atoms with Crippen LogP contribution in [0.2, 0.25) is 0 Å². The zero-order chi connectivity index (χ0) is 25.2. The van der Waals surface area contributed by atoms with Crippen LogP contribution in [0.15, 0.2) is 36.8 Å². The van der Waals surface area contributed by atoms with E-state index in [1.165, 1.54) is 6.07 Å². The summed E-state index contributed by atoms with van der Waals surface area (Å²) in [6, 6.07) is 2.74. The zero-order valence-corrected chi connectivity index (χ0v) is 20.0. The average Bonchev–Trinajstić information content (AvgIpc) is 3.64. The summed E-state index contributed by atoms with van der Waals surface area (Å²) in [5.74, 6) is -0.685. The molecule has 0 radical (unpaired) electrons. The lowest BCUT2D eigenvalue weighted by Crippen LogP contribution is -2.39. The highest BCUT2D eigenvalue weighted by atomic mass is 19.2. The maximum atomic E-state index is 14.1. The molecule has 0 unspecified atom stereocenters. The highest BCUT2D eigenvalue weighted by Gasteiger charge is 2.17. The van der Waals surface area contributed by atoms with Gasteiger partial charge in [-0.2, -0.15) is 5.10 Å². The Labute approximate surface area is 205 Å². The average molecular weight is 496 g/mol. The van der Waals surface area contributed by atoms with Crippen molar-refractivity contribution >= 4 is 22.6 Å². The third-order valence-corrected chi connectivity index (χ3v) is 5.95. The molecule has 1 aliphatic heterocycles. The summed E-state index contributed by atoms with van der Waals surface area (Å²) in [6.45, 7) is 6.64. The van der Waals surface area contributed by atoms with Crippen LogP contribution in [-0.4, -0.2) is 66.8 Å². The minimum Gasteiger partial charge on any atom is -0.378 e. The van der Waals surface area contributed by atoms with Crippen molar-refractivity contribution in [2.45, 2.75) is 26.4 Å². The molecule has 0 amide bonds. The van der Waals surface area contributed by atoms with Crippen LogP contribution < -0.4 is 5.32 Å². The van der Waals surface area contributed by atoms with Crippen LogP contribution in [0.3, 0.4) is 0 Å². The van der Waals surface area contributed by atoms with Crippen molar-refractivity contribution in [2.24, 2.45) is 0 Å². The number of aromatic nitrogens is 6. The van der Waals surface area contributed by atoms with Gasteiger partial charge in [-0.3, -0.25) is 10.1 Å². The molecule has 4 aromatic rings. The van der Waals surface area contributed by atoms with Crippen LogP contribution in [0.5, 0.6) is 0 Å². The molecule has 5 rings (SSSR count). The fourth-order valence-corrected chi connectivity index (χ4v) is 3.93. The van der Waals surface area contributed by atoms with Crippen molar-refractivity contribution in [3.05, 3.63) is 60.1 Å². The molecular formula is C24H27F2N9O. The number of halogens is 2. The van der Waals surface area contributed by atoms with Gasteiger partial charge in [0.15, 0.2) is 17.5 Å². The molecule has 4 N–H and O–H groups in total. The van der Waals surface area contributed by atoms with Gasteiger partial charge in [0, 0.05) is 37.0 Å². The number of benzene rings is 1. The Morgan fingerprint density at radius 1 is 1.22 bits per heavy atom. The summed E-state index contributed by atoms with van der Waals surface area (Å²) in [5, 5.41) is 16.2. The van der Waals surface area contributed by atoms with Crippen molar-refractivity contribution in [1.82, 2.24) is 39.9 Å². The topological polar surface area (TPSA) is 124 Å². The zero-order valence-electron chi connectivity index (χ0n) is 20.0. The van der Waals surface area contributed by atoms with E-state index in [4.69, 9.17) is 10.1 Å². The highest BCUT2D eigenvalue weighted by molar-refractivity contribution is 5.96. The molecule has 1 aromatic carbocycles. The van der Waals surface area contributed by atoms with Crippen LogP contribution in [0, 0.1) is 17.0 Å². The standard InChI is InChI=1S/C24H27F2N9O/c1-14(2)35-13-15(10-30-35)19-11-29-24(32-19)18(9-20(27)34-5-7-36-8-6-34)28-12-21-31-17-4-3-16(25)22(26)23(17)33-21/h3-4,9-11,13-14,27-28H,5-8,12H2,1-2H3,(H,29,32)(H,31,33)/b18-9+,27-20?. The van der Waals surface area contributed by atoms with Crippen molar-refractivity contribution < 1.29 is 13.5 Å². The number of fused-ring (bicyclic) bond motifs is 1. The third-order valence-electron chi connectivity index (χ3n) is 5.95. The number of aromatic amines is 2. The van der Waals surface area contributed by atoms with Crippen molar-refractivity contribution in [2.75, 3.05) is 26.3 Å². The molecule has 0 aliphatic carbocycles. The third kappa shape index (κ3) is 4.85. The Morgan fingerprint density at radius 3 is 2.78 bits per heavy atom. The number of hydrogen-bond acceptors (Lipinski definition) is 6. The molecular weight excluding hydrogens is 468 g/mol. The molecule has 0 bridgehead atoms. The smallest absolute Gasteiger partial charge is 0.186 e. The molecule has 3 aromatic heterocycles. The van der Waals surface area contributed by atoms with Gasteiger partial charge in [-0.25, -0.2) is 18.7 Å². The van der Waals surface area contributed by atoms with Crippen LogP contribution in [0.25, 0.3) is 28.0 Å². The van der Waals surface area contributed by atoms with E-state index in [1.54, 1.807) is 18.5 Å². The van der Waals surface area contributed by atoms with Gasteiger partial charge in [0.1, 0.15) is 17.2 Å². The number of imidazole rings is 2. The summed E-state index contributed by atoms with van der Waals surface area (Å²) in [7, 11) is 0. The van der Waals surface area contributed by atoms with E-state index in [2.05, 4.69) is 44.2 Å². The van der Waals surface area contributed by atoms with Gasteiger partial charge >= 0.3 is 0 Å². The summed E-state index contributed by atoms with van der Waals surface area (Å²) >= 11 is 0. The van der Waals surface area contributed by atoms with E-state index in [0.29, 0.717) is 55.0 Å². The van der Waals surface area contributed by atoms with E-state index in [1.807, 2.05) is 15.8 Å². The molecule has 1 saturated heterocycles. The summed E-state index contributed by atoms with van der Waals surface area (Å²) in [4.78, 5) is 16.9. The lowest BCUT2D eigenvalue weighted by Gasteiger charge is -2.28. The minimum absolute atomic E-state index is 0.0548. The highest BCUT2D eigenvalue weighted by Crippen LogP contribution is 2.21. The molecule has 10 nitrogen and oxygen atoms in total. The Kier molecular flexibility index (Phi) is 6.51. The molecule has 1 aliphatic rings. The number of amidine groups is 1. The Balaban J connectivity index is 1.42. The first-order valence-corrected chi connectivity index (χ1v) is 11.7. The molecule has 36 heavy (non-hydrogen) atoms. The predicted molar refractivity (Wildman–Crippen MR) is 131 cm³/mol. The van der Waals surface area contributed by atoms with Gasteiger partial charge in [0.25, 0.3) is 0 Å². The van der Waals surface area contributed by atoms with Crippen LogP contribution in [0.1, 0.15) is 31.5 Å². The predicted octanol–water partition coefficient (Wildman–Crippen LogP) is 3.45. The van der Waals surface area contributed by atoms with Crippen molar-refractivity contribution in [3.63, 3.8) is 0 Å². The summed E-state index contributed by atoms with van der Waals surface area (Å²) in [5.41, 5.74) is 2.57. The lowest BCUT2D eigenvalue weighted by molar-refractivity contribution is 0.0681. The lowest BCUT2D eigenvalue weighted by atomic mass is 10.3. The first-order chi connectivity index (χ1) is 17.4. The minimum atomic E-state index is -0.988. The monoisotopic (exact) mass is 495 g/mol. The second-order valence-corrected chi connectivity index (χ2v) is 8.79. The second-order valence-electron chi connectivity index (χ2n) is 8.79. The Hall–Kier alpha value is -4.06. The van der Waals surface area contributed by atoms with E-state index < -0.39 is 11.6 Å². The fraction of sp³-hybridized carbons (Fsp3) is 0.333. The maximum absolute atomic E-state index is 14.1. The van der Waals surface area contributed by atoms with E-state index >= 15 is 0 Å². The first kappa shape index (κ1) is 23.7. The quantitative estimate of drug-likeness (QED) is 0.230. The molecule has 188 valence electrons. The summed E-state index contributed by atoms with van der Waals surface area (Å²) in [6.07, 6.45) is 7.11. The number of hydrogen-bond donors (Lipinski definition) is 4. The molecule has 0 spiro atoms. The van der Waals surface area contributed by atoms with Gasteiger partial charge in [0.05, 0.1) is 49.1 Å². The van der Waals surface area contributed by atoms with Crippen molar-refractivity contribution in [1.29, 1.82) is 5.41 Å². The second kappa shape index (κ2) is 9.90. The molecule has 0 atom stereocenters. The number of H-pyrrole nitrogens is 2. The molecule has 1 fully saturated rings. The SMILES string of the molecule is CC(C)n1cc(-c2cnc(/C(=C\C(=N)N3CCOCC3)NCc3nc4c(F)c(F)ccc4[nH]3)[nH]2)cn1. The normalized spacial score (nSPS) is 14.7. The van der Waals surface area contributed by atoms with E-state index in [0.717, 1.165) is 17.3 Å². The Morgan fingerprint density at radius 2 is 2.03 bits per heavy atom. The van der Waals surface area contributed by atoms with Gasteiger partial charge < -0.3 is 24.9 Å². The number of ether oxygens (including phenoxy) is 1. The number of nitrogens with one attached hydrogen (secondary N) is 4. The molecule has 12 heteroatoms. The van der Waals surface area contributed by atoms with Gasteiger partial charge in [-0.15, -0.1) is 0 Å². The molecule has 0 saturated carbocycles. The maximum Gasteiger partial charge on any atom is 0.186 e. The van der Waals surface area contributed by atoms with Gasteiger partial charge in [-0.1, -0.05) is 0 Å². The molecule has 4 heterocycles. The van der Waals surface area contributed by atoms with Gasteiger partial charge in [0.2, 0.25) is 0 Å². The number of morpholine rings is 1. The van der Waals surface area contributed by atoms with Crippen LogP contribution in [0.4, 0.5) is 8.78 Å². The number of rotatable bonds is 7. The number of nitrogens with zero attached hydrogens (tertiary/aromatic N) is 5. The van der Waals surface area contributed by atoms with E-state index in [-0.39, 0.29) is 18.1 Å². The van der Waals surface area contributed by atoms with Crippen LogP contribution in [-0.2, 0) is 11.3 Å². The Bertz CT molecular complexity index is 1410. The van der Waals surface area contributed by atoms with Crippen LogP contribution >= 0.6 is 0 Å².